The summed E-state index contributed by atoms with van der Waals surface area (Å²) >= 11 is 6.06. The molecular weight excluding hydrogens is 328 g/mol. The highest BCUT2D eigenvalue weighted by Crippen LogP contribution is 2.36. The topological polar surface area (TPSA) is 72.5 Å². The van der Waals surface area contributed by atoms with Crippen molar-refractivity contribution in [3.8, 4) is 5.75 Å². The molecule has 1 aliphatic heterocycles. The molecule has 0 amide bonds. The second-order valence-corrected chi connectivity index (χ2v) is 7.49. The predicted octanol–water partition coefficient (Wildman–Crippen LogP) is 3.74. The smallest absolute Gasteiger partial charge is 0.137 e. The number of halogens is 1. The molecule has 0 radical (unpaired) electrons. The van der Waals surface area contributed by atoms with E-state index in [9.17, 15) is 5.21 Å². The van der Waals surface area contributed by atoms with Gasteiger partial charge in [0.1, 0.15) is 24.5 Å². The van der Waals surface area contributed by atoms with E-state index < -0.39 is 0 Å². The number of hydrogen-bond acceptors (Lipinski definition) is 5. The monoisotopic (exact) mass is 348 g/mol. The van der Waals surface area contributed by atoms with E-state index in [-0.39, 0.29) is 17.6 Å². The fraction of sp³-hybridized carbons (Fsp3) is 0.471. The van der Waals surface area contributed by atoms with Crippen LogP contribution in [0.15, 0.2) is 36.0 Å². The van der Waals surface area contributed by atoms with E-state index >= 15 is 0 Å². The van der Waals surface area contributed by atoms with Gasteiger partial charge in [-0.3, -0.25) is 0 Å². The summed E-state index contributed by atoms with van der Waals surface area (Å²) in [6, 6.07) is 5.43. The van der Waals surface area contributed by atoms with Crippen molar-refractivity contribution in [2.45, 2.75) is 45.8 Å². The Balaban J connectivity index is 1.84. The first-order chi connectivity index (χ1) is 11.4. The maximum Gasteiger partial charge on any atom is 0.137 e. The van der Waals surface area contributed by atoms with Crippen LogP contribution in [0.1, 0.15) is 38.8 Å². The highest BCUT2D eigenvalue weighted by atomic mass is 35.5. The molecule has 1 aliphatic rings. The summed E-state index contributed by atoms with van der Waals surface area (Å²) in [5.74, 6) is 0.861. The van der Waals surface area contributed by atoms with Crippen LogP contribution >= 0.6 is 11.6 Å². The molecule has 0 saturated carbocycles. The maximum atomic E-state index is 9.58. The zero-order valence-electron chi connectivity index (χ0n) is 14.0. The first-order valence-corrected chi connectivity index (χ1v) is 8.28. The van der Waals surface area contributed by atoms with E-state index in [1.807, 2.05) is 39.0 Å². The standard InChI is InChI=1S/C17H21ClN4O2/c1-17(2,3)16(21-23)14(22-10-19-9-20-22)8-13-7-11-6-12(18)4-5-15(11)24-13/h4-6,9-10,13-14,23H,7-8H2,1-3H3. The molecule has 1 N–H and O–H groups in total. The highest BCUT2D eigenvalue weighted by Gasteiger charge is 2.34. The van der Waals surface area contributed by atoms with Crippen molar-refractivity contribution in [2.24, 2.45) is 10.6 Å². The number of hydrogen-bond donors (Lipinski definition) is 1. The van der Waals surface area contributed by atoms with Gasteiger partial charge in [0.25, 0.3) is 0 Å². The molecule has 2 unspecified atom stereocenters. The first kappa shape index (κ1) is 16.8. The van der Waals surface area contributed by atoms with Gasteiger partial charge in [0.2, 0.25) is 0 Å². The average molecular weight is 349 g/mol. The second-order valence-electron chi connectivity index (χ2n) is 7.06. The molecule has 0 fully saturated rings. The third-order valence-electron chi connectivity index (χ3n) is 4.20. The largest absolute Gasteiger partial charge is 0.490 e. The van der Waals surface area contributed by atoms with E-state index in [4.69, 9.17) is 16.3 Å². The van der Waals surface area contributed by atoms with E-state index in [1.54, 1.807) is 11.0 Å². The van der Waals surface area contributed by atoms with Crippen molar-refractivity contribution in [1.29, 1.82) is 0 Å². The molecular formula is C17H21ClN4O2. The van der Waals surface area contributed by atoms with E-state index in [0.29, 0.717) is 17.2 Å². The minimum atomic E-state index is -0.305. The van der Waals surface area contributed by atoms with Crippen LogP contribution in [-0.4, -0.2) is 31.8 Å². The molecule has 128 valence electrons. The van der Waals surface area contributed by atoms with Crippen LogP contribution in [0.4, 0.5) is 0 Å². The zero-order valence-corrected chi connectivity index (χ0v) is 14.7. The van der Waals surface area contributed by atoms with Crippen LogP contribution in [0.25, 0.3) is 0 Å². The third-order valence-corrected chi connectivity index (χ3v) is 4.43. The molecule has 2 heterocycles. The molecule has 2 aromatic rings. The van der Waals surface area contributed by atoms with Gasteiger partial charge in [-0.1, -0.05) is 37.5 Å². The summed E-state index contributed by atoms with van der Waals surface area (Å²) in [4.78, 5) is 4.02. The van der Waals surface area contributed by atoms with E-state index in [2.05, 4.69) is 15.2 Å². The molecule has 1 aromatic heterocycles. The van der Waals surface area contributed by atoms with Crippen LogP contribution in [0.3, 0.4) is 0 Å². The summed E-state index contributed by atoms with van der Waals surface area (Å²) in [7, 11) is 0. The van der Waals surface area contributed by atoms with Crippen LogP contribution in [0.2, 0.25) is 5.02 Å². The van der Waals surface area contributed by atoms with E-state index in [1.165, 1.54) is 6.33 Å². The van der Waals surface area contributed by atoms with Gasteiger partial charge in [0.05, 0.1) is 11.8 Å². The Labute approximate surface area is 146 Å². The average Bonchev–Trinajstić information content (AvgIpc) is 3.13. The number of fused-ring (bicyclic) bond motifs is 1. The molecule has 24 heavy (non-hydrogen) atoms. The number of nitrogens with zero attached hydrogens (tertiary/aromatic N) is 4. The minimum Gasteiger partial charge on any atom is -0.490 e. The molecule has 6 nitrogen and oxygen atoms in total. The Morgan fingerprint density at radius 1 is 1.50 bits per heavy atom. The van der Waals surface area contributed by atoms with Crippen molar-refractivity contribution < 1.29 is 9.94 Å². The number of oxime groups is 1. The molecule has 0 spiro atoms. The Hall–Kier alpha value is -2.08. The van der Waals surface area contributed by atoms with E-state index in [0.717, 1.165) is 17.7 Å². The van der Waals surface area contributed by atoms with Crippen LogP contribution < -0.4 is 4.74 Å². The number of benzene rings is 1. The lowest BCUT2D eigenvalue weighted by Gasteiger charge is -2.29. The van der Waals surface area contributed by atoms with Crippen molar-refractivity contribution in [3.63, 3.8) is 0 Å². The van der Waals surface area contributed by atoms with Gasteiger partial charge in [-0.2, -0.15) is 5.10 Å². The van der Waals surface area contributed by atoms with Gasteiger partial charge < -0.3 is 9.94 Å². The summed E-state index contributed by atoms with van der Waals surface area (Å²) in [6.45, 7) is 6.03. The molecule has 7 heteroatoms. The fourth-order valence-corrected chi connectivity index (χ4v) is 3.30. The van der Waals surface area contributed by atoms with Crippen LogP contribution in [0.5, 0.6) is 5.75 Å². The minimum absolute atomic E-state index is 0.0354. The Morgan fingerprint density at radius 2 is 2.29 bits per heavy atom. The Morgan fingerprint density at radius 3 is 2.92 bits per heavy atom. The van der Waals surface area contributed by atoms with Crippen LogP contribution in [-0.2, 0) is 6.42 Å². The normalized spacial score (nSPS) is 19.0. The third kappa shape index (κ3) is 3.38. The highest BCUT2D eigenvalue weighted by molar-refractivity contribution is 6.30. The van der Waals surface area contributed by atoms with Gasteiger partial charge in [0, 0.05) is 23.3 Å². The lowest BCUT2D eigenvalue weighted by Crippen LogP contribution is -2.34. The molecule has 0 aliphatic carbocycles. The van der Waals surface area contributed by atoms with Gasteiger partial charge >= 0.3 is 0 Å². The van der Waals surface area contributed by atoms with Gasteiger partial charge in [-0.25, -0.2) is 9.67 Å². The van der Waals surface area contributed by atoms with Crippen molar-refractivity contribution in [3.05, 3.63) is 41.4 Å². The fourth-order valence-electron chi connectivity index (χ4n) is 3.11. The lowest BCUT2D eigenvalue weighted by atomic mass is 9.83. The quantitative estimate of drug-likeness (QED) is 0.519. The molecule has 0 bridgehead atoms. The van der Waals surface area contributed by atoms with Gasteiger partial charge in [0.15, 0.2) is 0 Å². The van der Waals surface area contributed by atoms with Crippen molar-refractivity contribution in [2.75, 3.05) is 0 Å². The summed E-state index contributed by atoms with van der Waals surface area (Å²) < 4.78 is 7.76. The zero-order chi connectivity index (χ0) is 17.3. The lowest BCUT2D eigenvalue weighted by molar-refractivity contribution is 0.200. The molecule has 2 atom stereocenters. The van der Waals surface area contributed by atoms with Gasteiger partial charge in [-0.15, -0.1) is 0 Å². The number of rotatable bonds is 4. The number of aromatic nitrogens is 3. The summed E-state index contributed by atoms with van der Waals surface area (Å²) in [6.07, 6.45) is 4.48. The van der Waals surface area contributed by atoms with Crippen molar-refractivity contribution >= 4 is 17.3 Å². The second kappa shape index (κ2) is 6.43. The molecule has 0 saturated heterocycles. The van der Waals surface area contributed by atoms with Gasteiger partial charge in [-0.05, 0) is 23.8 Å². The van der Waals surface area contributed by atoms with Crippen molar-refractivity contribution in [1.82, 2.24) is 14.8 Å². The predicted molar refractivity (Wildman–Crippen MR) is 91.9 cm³/mol. The molecule has 3 rings (SSSR count). The molecule has 1 aromatic carbocycles. The summed E-state index contributed by atoms with van der Waals surface area (Å²) in [5, 5.41) is 18.1. The Kier molecular flexibility index (Phi) is 4.49. The SMILES string of the molecule is CC(C)(C)C(=NO)C(CC1Cc2cc(Cl)ccc2O1)n1cncn1. The van der Waals surface area contributed by atoms with Crippen LogP contribution in [0, 0.1) is 5.41 Å². The number of ether oxygens (including phenoxy) is 1. The summed E-state index contributed by atoms with van der Waals surface area (Å²) in [5.41, 5.74) is 1.44. The first-order valence-electron chi connectivity index (χ1n) is 7.90. The maximum absolute atomic E-state index is 9.58. The Bertz CT molecular complexity index is 738.